The van der Waals surface area contributed by atoms with E-state index in [-0.39, 0.29) is 6.61 Å². The highest BCUT2D eigenvalue weighted by Gasteiger charge is 2.22. The van der Waals surface area contributed by atoms with Gasteiger partial charge in [0.2, 0.25) is 0 Å². The van der Waals surface area contributed by atoms with Crippen LogP contribution in [0.2, 0.25) is 0 Å². The summed E-state index contributed by atoms with van der Waals surface area (Å²) in [6, 6.07) is 5.10. The zero-order valence-corrected chi connectivity index (χ0v) is 19.2. The lowest BCUT2D eigenvalue weighted by Crippen LogP contribution is -2.17. The van der Waals surface area contributed by atoms with Crippen molar-refractivity contribution in [1.29, 1.82) is 0 Å². The van der Waals surface area contributed by atoms with Gasteiger partial charge in [-0.1, -0.05) is 26.8 Å². The van der Waals surface area contributed by atoms with Crippen molar-refractivity contribution in [3.63, 3.8) is 0 Å². The number of aliphatic hydroxyl groups excluding tert-OH is 1. The second-order valence-electron chi connectivity index (χ2n) is 8.03. The molecule has 3 nitrogen and oxygen atoms in total. The second-order valence-corrected chi connectivity index (χ2v) is 11.0. The van der Waals surface area contributed by atoms with E-state index in [1.165, 1.54) is 49.2 Å². The van der Waals surface area contributed by atoms with E-state index >= 15 is 0 Å². The Morgan fingerprint density at radius 1 is 1.26 bits per heavy atom. The molecule has 0 amide bonds. The van der Waals surface area contributed by atoms with Crippen LogP contribution in [0.3, 0.4) is 0 Å². The average Bonchev–Trinajstić information content (AvgIpc) is 3.10. The van der Waals surface area contributed by atoms with Gasteiger partial charge in [-0.3, -0.25) is 9.88 Å². The molecular weight excluding hydrogens is 372 g/mol. The number of thioether (sulfide) groups is 2. The molecule has 0 aromatic carbocycles. The van der Waals surface area contributed by atoms with E-state index in [1.54, 1.807) is 0 Å². The summed E-state index contributed by atoms with van der Waals surface area (Å²) in [6.07, 6.45) is 8.23. The molecule has 0 bridgehead atoms. The quantitative estimate of drug-likeness (QED) is 0.522. The van der Waals surface area contributed by atoms with Gasteiger partial charge in [-0.2, -0.15) is 23.5 Å². The minimum atomic E-state index is 0.289. The number of rotatable bonds is 12. The standard InChI is InChI=1S/C22H38N2OS2/c1-17(19(3)26-14-13-25)16-27-18(2)7-5-8-21-11-10-20(15-23-21)22-9-6-12-24(22)4/h10-11,15,17-19,22,25H,5-9,12-14,16H2,1-4H3. The Kier molecular flexibility index (Phi) is 10.6. The summed E-state index contributed by atoms with van der Waals surface area (Å²) in [5.41, 5.74) is 2.61. The highest BCUT2D eigenvalue weighted by atomic mass is 32.2. The molecule has 1 aliphatic heterocycles. The van der Waals surface area contributed by atoms with E-state index in [4.69, 9.17) is 10.1 Å². The van der Waals surface area contributed by atoms with E-state index in [9.17, 15) is 0 Å². The van der Waals surface area contributed by atoms with E-state index in [0.29, 0.717) is 22.5 Å². The van der Waals surface area contributed by atoms with Gasteiger partial charge in [0.25, 0.3) is 0 Å². The number of pyridine rings is 1. The zero-order chi connectivity index (χ0) is 19.6. The van der Waals surface area contributed by atoms with Crippen molar-refractivity contribution in [2.75, 3.05) is 31.7 Å². The molecule has 4 atom stereocenters. The second kappa shape index (κ2) is 12.4. The molecule has 1 fully saturated rings. The predicted molar refractivity (Wildman–Crippen MR) is 122 cm³/mol. The fourth-order valence-electron chi connectivity index (χ4n) is 3.62. The molecule has 4 unspecified atom stereocenters. The van der Waals surface area contributed by atoms with E-state index in [2.05, 4.69) is 62.8 Å². The fourth-order valence-corrected chi connectivity index (χ4v) is 5.90. The lowest BCUT2D eigenvalue weighted by molar-refractivity contribution is 0.317. The summed E-state index contributed by atoms with van der Waals surface area (Å²) >= 11 is 3.99. The Balaban J connectivity index is 1.64. The van der Waals surface area contributed by atoms with Crippen molar-refractivity contribution in [3.05, 3.63) is 29.6 Å². The number of aryl methyl sites for hydroxylation is 1. The minimum absolute atomic E-state index is 0.289. The first-order chi connectivity index (χ1) is 13.0. The highest BCUT2D eigenvalue weighted by molar-refractivity contribution is 8.00. The largest absolute Gasteiger partial charge is 0.396 e. The fraction of sp³-hybridized carbons (Fsp3) is 0.773. The number of nitrogens with zero attached hydrogens (tertiary/aromatic N) is 2. The topological polar surface area (TPSA) is 36.4 Å². The Hall–Kier alpha value is -0.230. The predicted octanol–water partition coefficient (Wildman–Crippen LogP) is 5.04. The van der Waals surface area contributed by atoms with Crippen molar-refractivity contribution in [2.45, 2.75) is 69.4 Å². The van der Waals surface area contributed by atoms with Crippen LogP contribution in [0, 0.1) is 5.92 Å². The third-order valence-electron chi connectivity index (χ3n) is 5.71. The van der Waals surface area contributed by atoms with Crippen LogP contribution < -0.4 is 0 Å². The molecule has 27 heavy (non-hydrogen) atoms. The third kappa shape index (κ3) is 7.96. The van der Waals surface area contributed by atoms with E-state index in [1.807, 2.05) is 11.8 Å². The number of aliphatic hydroxyl groups is 1. The number of aromatic nitrogens is 1. The van der Waals surface area contributed by atoms with Crippen LogP contribution in [0.5, 0.6) is 0 Å². The molecule has 5 heteroatoms. The van der Waals surface area contributed by atoms with Crippen molar-refractivity contribution < 1.29 is 5.11 Å². The molecule has 2 rings (SSSR count). The first-order valence-corrected chi connectivity index (χ1v) is 12.6. The van der Waals surface area contributed by atoms with Gasteiger partial charge >= 0.3 is 0 Å². The Morgan fingerprint density at radius 3 is 2.70 bits per heavy atom. The number of hydrogen-bond acceptors (Lipinski definition) is 5. The van der Waals surface area contributed by atoms with Crippen LogP contribution in [0.25, 0.3) is 0 Å². The van der Waals surface area contributed by atoms with Crippen LogP contribution in [0.1, 0.15) is 63.8 Å². The third-order valence-corrected chi connectivity index (χ3v) is 8.65. The van der Waals surface area contributed by atoms with E-state index in [0.717, 1.165) is 12.2 Å². The molecule has 0 radical (unpaired) electrons. The van der Waals surface area contributed by atoms with Crippen LogP contribution in [0.15, 0.2) is 18.3 Å². The summed E-state index contributed by atoms with van der Waals surface area (Å²) < 4.78 is 0. The van der Waals surface area contributed by atoms with E-state index < -0.39 is 0 Å². The Morgan fingerprint density at radius 2 is 2.07 bits per heavy atom. The van der Waals surface area contributed by atoms with Gasteiger partial charge in [0.15, 0.2) is 0 Å². The SMILES string of the molecule is CC(CCCc1ccc(C2CCCN2C)cn1)SCC(C)C(C)SCCO. The lowest BCUT2D eigenvalue weighted by atomic mass is 10.1. The van der Waals surface area contributed by atoms with Gasteiger partial charge in [-0.25, -0.2) is 0 Å². The normalized spacial score (nSPS) is 21.3. The van der Waals surface area contributed by atoms with Gasteiger partial charge in [-0.05, 0) is 69.0 Å². The molecule has 1 aliphatic rings. The maximum Gasteiger partial charge on any atom is 0.0521 e. The maximum atomic E-state index is 8.95. The van der Waals surface area contributed by atoms with Crippen LogP contribution in [-0.4, -0.2) is 57.2 Å². The summed E-state index contributed by atoms with van der Waals surface area (Å²) in [6.45, 7) is 8.48. The molecule has 1 saturated heterocycles. The molecule has 0 spiro atoms. The average molecular weight is 411 g/mol. The van der Waals surface area contributed by atoms with Crippen molar-refractivity contribution >= 4 is 23.5 Å². The van der Waals surface area contributed by atoms with Crippen molar-refractivity contribution in [3.8, 4) is 0 Å². The molecule has 0 aliphatic carbocycles. The molecule has 154 valence electrons. The summed E-state index contributed by atoms with van der Waals surface area (Å²) in [5.74, 6) is 2.76. The molecule has 1 N–H and O–H groups in total. The first-order valence-electron chi connectivity index (χ1n) is 10.5. The van der Waals surface area contributed by atoms with Crippen molar-refractivity contribution in [1.82, 2.24) is 9.88 Å². The number of hydrogen-bond donors (Lipinski definition) is 1. The molecule has 1 aromatic heterocycles. The summed E-state index contributed by atoms with van der Waals surface area (Å²) in [4.78, 5) is 7.17. The monoisotopic (exact) mass is 410 g/mol. The van der Waals surface area contributed by atoms with Gasteiger partial charge in [0.05, 0.1) is 6.61 Å². The van der Waals surface area contributed by atoms with Gasteiger partial charge in [-0.15, -0.1) is 0 Å². The summed E-state index contributed by atoms with van der Waals surface area (Å²) in [5, 5.41) is 10.3. The minimum Gasteiger partial charge on any atom is -0.396 e. The summed E-state index contributed by atoms with van der Waals surface area (Å²) in [7, 11) is 2.22. The molecular formula is C22H38N2OS2. The maximum absolute atomic E-state index is 8.95. The molecule has 2 heterocycles. The lowest BCUT2D eigenvalue weighted by Gasteiger charge is -2.21. The van der Waals surface area contributed by atoms with Gasteiger partial charge in [0, 0.05) is 34.2 Å². The first kappa shape index (κ1) is 23.1. The Bertz CT molecular complexity index is 526. The smallest absolute Gasteiger partial charge is 0.0521 e. The highest BCUT2D eigenvalue weighted by Crippen LogP contribution is 2.30. The van der Waals surface area contributed by atoms with Crippen molar-refractivity contribution in [2.24, 2.45) is 5.92 Å². The Labute approximate surface area is 175 Å². The molecule has 0 saturated carbocycles. The van der Waals surface area contributed by atoms with Gasteiger partial charge < -0.3 is 5.11 Å². The zero-order valence-electron chi connectivity index (χ0n) is 17.6. The van der Waals surface area contributed by atoms with Crippen LogP contribution in [-0.2, 0) is 6.42 Å². The van der Waals surface area contributed by atoms with Gasteiger partial charge in [0.1, 0.15) is 0 Å². The number of likely N-dealkylation sites (tertiary alicyclic amines) is 1. The molecule has 1 aromatic rings. The van der Waals surface area contributed by atoms with Crippen LogP contribution >= 0.6 is 23.5 Å². The van der Waals surface area contributed by atoms with Crippen LogP contribution in [0.4, 0.5) is 0 Å².